The Bertz CT molecular complexity index is 346. The number of hydrogen-bond acceptors (Lipinski definition) is 4. The number of hydrogen-bond donors (Lipinski definition) is 0. The van der Waals surface area contributed by atoms with E-state index in [1.807, 2.05) is 20.8 Å². The smallest absolute Gasteiger partial charge is 0.308 e. The normalized spacial score (nSPS) is 27.3. The van der Waals surface area contributed by atoms with Crippen molar-refractivity contribution in [1.82, 2.24) is 0 Å². The third-order valence-electron chi connectivity index (χ3n) is 2.35. The highest BCUT2D eigenvalue weighted by molar-refractivity contribution is 5.70. The summed E-state index contributed by atoms with van der Waals surface area (Å²) < 4.78 is 16.5. The van der Waals surface area contributed by atoms with Crippen LogP contribution in [0.4, 0.5) is 0 Å². The first-order valence-corrected chi connectivity index (χ1v) is 6.15. The van der Waals surface area contributed by atoms with E-state index < -0.39 is 11.4 Å². The summed E-state index contributed by atoms with van der Waals surface area (Å²) >= 11 is 0. The summed E-state index contributed by atoms with van der Waals surface area (Å²) in [6.07, 6.45) is 5.50. The van der Waals surface area contributed by atoms with Crippen LogP contribution >= 0.6 is 0 Å². The van der Waals surface area contributed by atoms with Gasteiger partial charge < -0.3 is 14.2 Å². The van der Waals surface area contributed by atoms with Crippen LogP contribution in [0.15, 0.2) is 0 Å². The Morgan fingerprint density at radius 1 is 1.44 bits per heavy atom. The summed E-state index contributed by atoms with van der Waals surface area (Å²) in [5.41, 5.74) is -0.483. The van der Waals surface area contributed by atoms with E-state index >= 15 is 0 Å². The molecule has 4 nitrogen and oxygen atoms in total. The van der Waals surface area contributed by atoms with Crippen molar-refractivity contribution < 1.29 is 19.0 Å². The van der Waals surface area contributed by atoms with Gasteiger partial charge in [0, 0.05) is 6.42 Å². The van der Waals surface area contributed by atoms with Crippen LogP contribution in [-0.4, -0.2) is 29.6 Å². The molecule has 0 aromatic carbocycles. The van der Waals surface area contributed by atoms with Crippen molar-refractivity contribution in [3.05, 3.63) is 0 Å². The van der Waals surface area contributed by atoms with E-state index in [1.165, 1.54) is 0 Å². The predicted molar refractivity (Wildman–Crippen MR) is 67.7 cm³/mol. The molecule has 1 rings (SSSR count). The van der Waals surface area contributed by atoms with Crippen molar-refractivity contribution in [1.29, 1.82) is 0 Å². The molecule has 0 amide bonds. The maximum absolute atomic E-state index is 11.7. The second kappa shape index (κ2) is 5.29. The highest BCUT2D eigenvalue weighted by atomic mass is 16.7. The number of ether oxygens (including phenoxy) is 3. The minimum absolute atomic E-state index is 0.197. The van der Waals surface area contributed by atoms with Gasteiger partial charge >= 0.3 is 5.97 Å². The van der Waals surface area contributed by atoms with Gasteiger partial charge in [-0.05, 0) is 34.6 Å². The van der Waals surface area contributed by atoms with Gasteiger partial charge in [0.15, 0.2) is 5.79 Å². The van der Waals surface area contributed by atoms with E-state index in [2.05, 4.69) is 5.92 Å². The van der Waals surface area contributed by atoms with E-state index in [0.29, 0.717) is 6.42 Å². The molecule has 102 valence electrons. The molecule has 0 N–H and O–H groups in total. The van der Waals surface area contributed by atoms with Crippen LogP contribution in [-0.2, 0) is 19.0 Å². The van der Waals surface area contributed by atoms with E-state index in [0.717, 1.165) is 0 Å². The average molecular weight is 254 g/mol. The SMILES string of the molecule is C#C[C@@H]1C[C@H](CC(=O)OC(C)(C)C)OC(C)(C)O1. The van der Waals surface area contributed by atoms with Crippen molar-refractivity contribution >= 4 is 5.97 Å². The van der Waals surface area contributed by atoms with Crippen LogP contribution in [0, 0.1) is 12.3 Å². The highest BCUT2D eigenvalue weighted by Gasteiger charge is 2.36. The lowest BCUT2D eigenvalue weighted by Gasteiger charge is -2.38. The number of esters is 1. The summed E-state index contributed by atoms with van der Waals surface area (Å²) in [7, 11) is 0. The van der Waals surface area contributed by atoms with Crippen molar-refractivity contribution in [2.75, 3.05) is 0 Å². The maximum Gasteiger partial charge on any atom is 0.308 e. The van der Waals surface area contributed by atoms with Crippen LogP contribution in [0.3, 0.4) is 0 Å². The standard InChI is InChI=1S/C14H22O4/c1-7-10-8-11(17-14(5,6)16-10)9-12(15)18-13(2,3)4/h1,10-11H,8-9H2,2-6H3/t10-,11-/m1/s1. The minimum atomic E-state index is -0.762. The fourth-order valence-electron chi connectivity index (χ4n) is 1.90. The predicted octanol–water partition coefficient (Wildman–Crippen LogP) is 2.26. The molecule has 0 radical (unpaired) electrons. The van der Waals surface area contributed by atoms with Crippen LogP contribution in [0.5, 0.6) is 0 Å². The van der Waals surface area contributed by atoms with Gasteiger partial charge in [0.1, 0.15) is 11.7 Å². The summed E-state index contributed by atoms with van der Waals surface area (Å²) in [4.78, 5) is 11.7. The van der Waals surface area contributed by atoms with Gasteiger partial charge in [-0.1, -0.05) is 5.92 Å². The Hall–Kier alpha value is -1.05. The Kier molecular flexibility index (Phi) is 4.41. The molecule has 1 fully saturated rings. The van der Waals surface area contributed by atoms with Crippen LogP contribution in [0.1, 0.15) is 47.5 Å². The molecule has 0 saturated carbocycles. The molecule has 1 aliphatic heterocycles. The van der Waals surface area contributed by atoms with E-state index in [1.54, 1.807) is 13.8 Å². The molecule has 1 heterocycles. The molecular formula is C14H22O4. The number of rotatable bonds is 2. The van der Waals surface area contributed by atoms with Gasteiger partial charge in [-0.3, -0.25) is 4.79 Å². The molecule has 2 atom stereocenters. The van der Waals surface area contributed by atoms with Crippen LogP contribution in [0.2, 0.25) is 0 Å². The first kappa shape index (κ1) is 15.0. The van der Waals surface area contributed by atoms with Gasteiger partial charge in [0.25, 0.3) is 0 Å². The third-order valence-corrected chi connectivity index (χ3v) is 2.35. The first-order valence-electron chi connectivity index (χ1n) is 6.15. The largest absolute Gasteiger partial charge is 0.460 e. The fraction of sp³-hybridized carbons (Fsp3) is 0.786. The third kappa shape index (κ3) is 5.07. The Labute approximate surface area is 109 Å². The fourth-order valence-corrected chi connectivity index (χ4v) is 1.90. The maximum atomic E-state index is 11.7. The lowest BCUT2D eigenvalue weighted by molar-refractivity contribution is -0.289. The van der Waals surface area contributed by atoms with Crippen LogP contribution in [0.25, 0.3) is 0 Å². The minimum Gasteiger partial charge on any atom is -0.460 e. The molecule has 0 aliphatic carbocycles. The average Bonchev–Trinajstić information content (AvgIpc) is 2.11. The zero-order valence-electron chi connectivity index (χ0n) is 11.8. The van der Waals surface area contributed by atoms with Crippen molar-refractivity contribution in [3.63, 3.8) is 0 Å². The summed E-state index contributed by atoms with van der Waals surface area (Å²) in [5.74, 6) is 1.52. The Balaban J connectivity index is 2.57. The Morgan fingerprint density at radius 2 is 2.06 bits per heavy atom. The highest BCUT2D eigenvalue weighted by Crippen LogP contribution is 2.28. The van der Waals surface area contributed by atoms with Gasteiger partial charge in [0.2, 0.25) is 0 Å². The van der Waals surface area contributed by atoms with Gasteiger partial charge in [-0.25, -0.2) is 0 Å². The topological polar surface area (TPSA) is 44.8 Å². The van der Waals surface area contributed by atoms with Crippen LogP contribution < -0.4 is 0 Å². The zero-order chi connectivity index (χ0) is 14.0. The molecule has 1 aliphatic rings. The van der Waals surface area contributed by atoms with Gasteiger partial charge in [-0.15, -0.1) is 6.42 Å². The number of terminal acetylenes is 1. The quantitative estimate of drug-likeness (QED) is 0.560. The molecule has 0 aromatic rings. The lowest BCUT2D eigenvalue weighted by atomic mass is 10.1. The molecule has 1 saturated heterocycles. The van der Waals surface area contributed by atoms with E-state index in [9.17, 15) is 4.79 Å². The van der Waals surface area contributed by atoms with Gasteiger partial charge in [0.05, 0.1) is 12.5 Å². The first-order chi connectivity index (χ1) is 8.11. The molecule has 4 heteroatoms. The molecule has 0 unspecified atom stereocenters. The molecule has 0 bridgehead atoms. The van der Waals surface area contributed by atoms with Gasteiger partial charge in [-0.2, -0.15) is 0 Å². The number of carbonyl (C=O) groups excluding carboxylic acids is 1. The Morgan fingerprint density at radius 3 is 2.56 bits per heavy atom. The summed E-state index contributed by atoms with van der Waals surface area (Å²) in [6, 6.07) is 0. The molecule has 18 heavy (non-hydrogen) atoms. The summed E-state index contributed by atoms with van der Waals surface area (Å²) in [5, 5.41) is 0. The van der Waals surface area contributed by atoms with E-state index in [-0.39, 0.29) is 24.6 Å². The molecule has 0 spiro atoms. The van der Waals surface area contributed by atoms with Crippen molar-refractivity contribution in [2.45, 2.75) is 71.1 Å². The summed E-state index contributed by atoms with van der Waals surface area (Å²) in [6.45, 7) is 9.09. The van der Waals surface area contributed by atoms with Crippen molar-refractivity contribution in [3.8, 4) is 12.3 Å². The number of carbonyl (C=O) groups is 1. The molecular weight excluding hydrogens is 232 g/mol. The second-order valence-electron chi connectivity index (χ2n) is 5.94. The zero-order valence-corrected chi connectivity index (χ0v) is 11.8. The lowest BCUT2D eigenvalue weighted by Crippen LogP contribution is -2.45. The van der Waals surface area contributed by atoms with E-state index in [4.69, 9.17) is 20.6 Å². The monoisotopic (exact) mass is 254 g/mol. The van der Waals surface area contributed by atoms with Crippen molar-refractivity contribution in [2.24, 2.45) is 0 Å². The molecule has 0 aromatic heterocycles. The second-order valence-corrected chi connectivity index (χ2v) is 5.94.